The quantitative estimate of drug-likeness (QED) is 0.681. The molecule has 3 heterocycles. The molecule has 0 unspecified atom stereocenters. The normalized spacial score (nSPS) is 20.8. The number of hydrogen-bond acceptors (Lipinski definition) is 7. The lowest BCUT2D eigenvalue weighted by Gasteiger charge is -2.39. The van der Waals surface area contributed by atoms with Crippen LogP contribution in [-0.4, -0.2) is 35.9 Å². The minimum atomic E-state index is -0.903. The van der Waals surface area contributed by atoms with Gasteiger partial charge in [0.15, 0.2) is 5.96 Å². The van der Waals surface area contributed by atoms with E-state index in [2.05, 4.69) is 11.1 Å². The third kappa shape index (κ3) is 3.53. The molecule has 1 aromatic carbocycles. The van der Waals surface area contributed by atoms with Crippen LogP contribution in [0.15, 0.2) is 59.0 Å². The Balaban J connectivity index is 1.82. The highest BCUT2D eigenvalue weighted by Gasteiger charge is 2.48. The molecular formula is C23H21N5O2S. The molecule has 7 nitrogen and oxygen atoms in total. The smallest absolute Gasteiger partial charge is 0.239 e. The summed E-state index contributed by atoms with van der Waals surface area (Å²) in [6, 6.07) is 15.2. The molecule has 0 fully saturated rings. The topological polar surface area (TPSA) is 105 Å². The van der Waals surface area contributed by atoms with Gasteiger partial charge in [0.25, 0.3) is 0 Å². The first-order chi connectivity index (χ1) is 14.9. The van der Waals surface area contributed by atoms with Crippen LogP contribution in [0.5, 0.6) is 5.88 Å². The third-order valence-corrected chi connectivity index (χ3v) is 6.71. The fourth-order valence-corrected chi connectivity index (χ4v) is 4.85. The SMILES string of the molecule is COc1ccc([C@@H]2C(=O)N(C)C(N)=N[C@]2(C)c2cc(-c3cccc(C#N)c3)cs2)cn1. The van der Waals surface area contributed by atoms with Crippen LogP contribution < -0.4 is 10.5 Å². The Labute approximate surface area is 184 Å². The summed E-state index contributed by atoms with van der Waals surface area (Å²) in [5.41, 5.74) is 8.43. The van der Waals surface area contributed by atoms with Crippen LogP contribution in [0.4, 0.5) is 0 Å². The summed E-state index contributed by atoms with van der Waals surface area (Å²) in [4.78, 5) is 24.6. The number of carbonyl (C=O) groups excluding carboxylic acids is 1. The molecule has 2 aromatic heterocycles. The summed E-state index contributed by atoms with van der Waals surface area (Å²) < 4.78 is 5.15. The van der Waals surface area contributed by atoms with Crippen molar-refractivity contribution < 1.29 is 9.53 Å². The second-order valence-corrected chi connectivity index (χ2v) is 8.39. The van der Waals surface area contributed by atoms with Crippen LogP contribution in [0.1, 0.15) is 28.8 Å². The Morgan fingerprint density at radius 1 is 1.26 bits per heavy atom. The number of likely N-dealkylation sites (N-methyl/N-ethyl adjacent to an activating group) is 1. The zero-order chi connectivity index (χ0) is 22.2. The van der Waals surface area contributed by atoms with E-state index in [1.54, 1.807) is 32.5 Å². The maximum atomic E-state index is 13.3. The van der Waals surface area contributed by atoms with Gasteiger partial charge in [0.05, 0.1) is 24.7 Å². The van der Waals surface area contributed by atoms with E-state index >= 15 is 0 Å². The lowest BCUT2D eigenvalue weighted by Crippen LogP contribution is -2.52. The molecule has 0 radical (unpaired) electrons. The van der Waals surface area contributed by atoms with Crippen LogP contribution in [0.25, 0.3) is 11.1 Å². The Kier molecular flexibility index (Phi) is 5.21. The number of carbonyl (C=O) groups is 1. The Hall–Kier alpha value is -3.70. The van der Waals surface area contributed by atoms with Crippen molar-refractivity contribution in [3.8, 4) is 23.1 Å². The molecule has 1 aliphatic heterocycles. The van der Waals surface area contributed by atoms with Crippen molar-refractivity contribution in [1.29, 1.82) is 5.26 Å². The molecule has 1 aliphatic rings. The highest BCUT2D eigenvalue weighted by Crippen LogP contribution is 2.47. The first kappa shape index (κ1) is 20.6. The Bertz CT molecular complexity index is 1210. The molecule has 2 atom stereocenters. The fourth-order valence-electron chi connectivity index (χ4n) is 3.79. The van der Waals surface area contributed by atoms with E-state index in [4.69, 9.17) is 15.5 Å². The highest BCUT2D eigenvalue weighted by atomic mass is 32.1. The van der Waals surface area contributed by atoms with Crippen molar-refractivity contribution in [2.45, 2.75) is 18.4 Å². The number of methoxy groups -OCH3 is 1. The second-order valence-electron chi connectivity index (χ2n) is 7.47. The van der Waals surface area contributed by atoms with Gasteiger partial charge in [0, 0.05) is 24.2 Å². The lowest BCUT2D eigenvalue weighted by atomic mass is 9.78. The second kappa shape index (κ2) is 7.85. The van der Waals surface area contributed by atoms with Gasteiger partial charge < -0.3 is 10.5 Å². The molecule has 0 saturated heterocycles. The van der Waals surface area contributed by atoms with E-state index in [0.29, 0.717) is 11.4 Å². The summed E-state index contributed by atoms with van der Waals surface area (Å²) in [7, 11) is 3.17. The highest BCUT2D eigenvalue weighted by molar-refractivity contribution is 7.10. The van der Waals surface area contributed by atoms with Gasteiger partial charge in [-0.2, -0.15) is 5.26 Å². The molecule has 8 heteroatoms. The molecule has 4 rings (SSSR count). The number of ether oxygens (including phenoxy) is 1. The standard InChI is InChI=1S/C23H21N5O2S/c1-23(18-10-17(13-31-18)15-6-4-5-14(9-15)11-24)20(21(29)28(2)22(25)27-23)16-7-8-19(30-3)26-12-16/h4-10,12-13,20H,1-3H3,(H2,25,27)/t20-,23-/m1/s1. The summed E-state index contributed by atoms with van der Waals surface area (Å²) in [5.74, 6) is -0.101. The minimum Gasteiger partial charge on any atom is -0.481 e. The number of aliphatic imine (C=N–C) groups is 1. The maximum Gasteiger partial charge on any atom is 0.239 e. The first-order valence-corrected chi connectivity index (χ1v) is 10.5. The number of nitrogens with two attached hydrogens (primary N) is 1. The maximum absolute atomic E-state index is 13.3. The van der Waals surface area contributed by atoms with Crippen molar-refractivity contribution in [2.24, 2.45) is 10.7 Å². The van der Waals surface area contributed by atoms with Crippen molar-refractivity contribution in [3.63, 3.8) is 0 Å². The molecular weight excluding hydrogens is 410 g/mol. The number of guanidine groups is 1. The van der Waals surface area contributed by atoms with Crippen LogP contribution in [0.2, 0.25) is 0 Å². The van der Waals surface area contributed by atoms with E-state index < -0.39 is 11.5 Å². The molecule has 1 amide bonds. The molecule has 0 saturated carbocycles. The van der Waals surface area contributed by atoms with Crippen LogP contribution in [0.3, 0.4) is 0 Å². The molecule has 2 N–H and O–H groups in total. The van der Waals surface area contributed by atoms with Gasteiger partial charge in [0.2, 0.25) is 11.8 Å². The molecule has 0 spiro atoms. The minimum absolute atomic E-state index is 0.150. The average molecular weight is 432 g/mol. The number of pyridine rings is 1. The Morgan fingerprint density at radius 3 is 2.74 bits per heavy atom. The van der Waals surface area contributed by atoms with Gasteiger partial charge >= 0.3 is 0 Å². The summed E-state index contributed by atoms with van der Waals surface area (Å²) in [6.07, 6.45) is 1.65. The molecule has 31 heavy (non-hydrogen) atoms. The zero-order valence-corrected chi connectivity index (χ0v) is 18.2. The van der Waals surface area contributed by atoms with Gasteiger partial charge in [-0.25, -0.2) is 9.98 Å². The number of rotatable bonds is 4. The summed E-state index contributed by atoms with van der Waals surface area (Å²) >= 11 is 1.51. The van der Waals surface area contributed by atoms with Crippen LogP contribution >= 0.6 is 11.3 Å². The molecule has 156 valence electrons. The van der Waals surface area contributed by atoms with Crippen molar-refractivity contribution in [1.82, 2.24) is 9.88 Å². The average Bonchev–Trinajstić information content (AvgIpc) is 3.29. The van der Waals surface area contributed by atoms with E-state index in [9.17, 15) is 10.1 Å². The number of aromatic nitrogens is 1. The van der Waals surface area contributed by atoms with Crippen LogP contribution in [-0.2, 0) is 10.3 Å². The largest absolute Gasteiger partial charge is 0.481 e. The van der Waals surface area contributed by atoms with Crippen molar-refractivity contribution >= 4 is 23.2 Å². The number of nitriles is 1. The monoisotopic (exact) mass is 431 g/mol. The van der Waals surface area contributed by atoms with Gasteiger partial charge in [-0.15, -0.1) is 11.3 Å². The molecule has 3 aromatic rings. The van der Waals surface area contributed by atoms with Gasteiger partial charge in [-0.05, 0) is 47.2 Å². The van der Waals surface area contributed by atoms with Crippen molar-refractivity contribution in [3.05, 3.63) is 70.0 Å². The summed E-state index contributed by atoms with van der Waals surface area (Å²) in [5, 5.41) is 11.2. The van der Waals surface area contributed by atoms with E-state index in [1.807, 2.05) is 42.6 Å². The van der Waals surface area contributed by atoms with Gasteiger partial charge in [-0.3, -0.25) is 9.69 Å². The van der Waals surface area contributed by atoms with Crippen molar-refractivity contribution in [2.75, 3.05) is 14.2 Å². The number of amides is 1. The Morgan fingerprint density at radius 2 is 2.06 bits per heavy atom. The van der Waals surface area contributed by atoms with E-state index in [-0.39, 0.29) is 11.9 Å². The predicted octanol–water partition coefficient (Wildman–Crippen LogP) is 3.48. The van der Waals surface area contributed by atoms with Gasteiger partial charge in [-0.1, -0.05) is 18.2 Å². The lowest BCUT2D eigenvalue weighted by molar-refractivity contribution is -0.130. The third-order valence-electron chi connectivity index (χ3n) is 5.56. The van der Waals surface area contributed by atoms with Gasteiger partial charge in [0.1, 0.15) is 5.54 Å². The zero-order valence-electron chi connectivity index (χ0n) is 17.4. The van der Waals surface area contributed by atoms with E-state index in [0.717, 1.165) is 21.6 Å². The fraction of sp³-hybridized carbons (Fsp3) is 0.217. The van der Waals surface area contributed by atoms with Crippen LogP contribution in [0, 0.1) is 11.3 Å². The van der Waals surface area contributed by atoms with E-state index in [1.165, 1.54) is 16.2 Å². The predicted molar refractivity (Wildman–Crippen MR) is 120 cm³/mol. The number of hydrogen-bond donors (Lipinski definition) is 1. The number of thiophene rings is 1. The molecule has 0 bridgehead atoms. The number of benzene rings is 1. The number of nitrogens with zero attached hydrogens (tertiary/aromatic N) is 4. The first-order valence-electron chi connectivity index (χ1n) is 9.59. The summed E-state index contributed by atoms with van der Waals surface area (Å²) in [6.45, 7) is 1.92. The molecule has 0 aliphatic carbocycles.